The number of amides is 1. The van der Waals surface area contributed by atoms with Crippen molar-refractivity contribution in [3.8, 4) is 0 Å². The van der Waals surface area contributed by atoms with Crippen LogP contribution in [0.5, 0.6) is 0 Å². The smallest absolute Gasteiger partial charge is 0.252 e. The highest BCUT2D eigenvalue weighted by Gasteiger charge is 2.20. The van der Waals surface area contributed by atoms with Crippen LogP contribution in [0.15, 0.2) is 23.1 Å². The molecule has 0 aliphatic heterocycles. The third-order valence-electron chi connectivity index (χ3n) is 2.52. The zero-order valence-corrected chi connectivity index (χ0v) is 11.4. The van der Waals surface area contributed by atoms with Gasteiger partial charge >= 0.3 is 0 Å². The van der Waals surface area contributed by atoms with Crippen LogP contribution in [0.2, 0.25) is 0 Å². The first kappa shape index (κ1) is 14.4. The van der Waals surface area contributed by atoms with Crippen LogP contribution in [0.1, 0.15) is 24.2 Å². The number of hydrogen-bond donors (Lipinski definition) is 2. The van der Waals surface area contributed by atoms with Gasteiger partial charge in [-0.05, 0) is 25.6 Å². The van der Waals surface area contributed by atoms with Crippen molar-refractivity contribution in [3.05, 3.63) is 34.2 Å². The van der Waals surface area contributed by atoms with E-state index in [1.54, 1.807) is 0 Å². The molecule has 1 amide bonds. The Kier molecular flexibility index (Phi) is 4.67. The van der Waals surface area contributed by atoms with Gasteiger partial charge in [-0.15, -0.1) is 0 Å². The molecule has 0 saturated heterocycles. The van der Waals surface area contributed by atoms with Gasteiger partial charge in [0, 0.05) is 25.4 Å². The zero-order chi connectivity index (χ0) is 13.8. The largest absolute Gasteiger partial charge is 0.351 e. The lowest BCUT2D eigenvalue weighted by molar-refractivity contribution is 0.0929. The Morgan fingerprint density at radius 1 is 1.39 bits per heavy atom. The zero-order valence-electron chi connectivity index (χ0n) is 11.4. The van der Waals surface area contributed by atoms with Gasteiger partial charge in [-0.2, -0.15) is 0 Å². The molecular weight excluding hydrogens is 230 g/mol. The highest BCUT2D eigenvalue weighted by Crippen LogP contribution is 2.14. The van der Waals surface area contributed by atoms with Crippen LogP contribution >= 0.6 is 0 Å². The summed E-state index contributed by atoms with van der Waals surface area (Å²) in [6.45, 7) is 5.67. The quantitative estimate of drug-likeness (QED) is 0.809. The van der Waals surface area contributed by atoms with Crippen molar-refractivity contribution in [2.75, 3.05) is 27.2 Å². The van der Waals surface area contributed by atoms with E-state index in [-0.39, 0.29) is 16.9 Å². The van der Waals surface area contributed by atoms with E-state index in [0.29, 0.717) is 12.1 Å². The maximum absolute atomic E-state index is 11.8. The van der Waals surface area contributed by atoms with Crippen LogP contribution in [0.3, 0.4) is 0 Å². The van der Waals surface area contributed by atoms with Gasteiger partial charge in [0.2, 0.25) is 5.56 Å². The van der Waals surface area contributed by atoms with E-state index in [2.05, 4.69) is 29.0 Å². The number of carbonyl (C=O) groups excluding carboxylic acids is 1. The van der Waals surface area contributed by atoms with E-state index in [9.17, 15) is 9.59 Å². The summed E-state index contributed by atoms with van der Waals surface area (Å²) in [5, 5.41) is 2.88. The first-order valence-corrected chi connectivity index (χ1v) is 5.92. The Morgan fingerprint density at radius 3 is 2.56 bits per heavy atom. The van der Waals surface area contributed by atoms with Crippen molar-refractivity contribution in [2.45, 2.75) is 13.8 Å². The lowest BCUT2D eigenvalue weighted by Gasteiger charge is -2.28. The lowest BCUT2D eigenvalue weighted by atomic mass is 9.93. The van der Waals surface area contributed by atoms with E-state index in [1.807, 2.05) is 14.1 Å². The fourth-order valence-electron chi connectivity index (χ4n) is 1.89. The Hall–Kier alpha value is -1.62. The number of aromatic nitrogens is 1. The highest BCUT2D eigenvalue weighted by molar-refractivity contribution is 5.93. The topological polar surface area (TPSA) is 65.2 Å². The fourth-order valence-corrected chi connectivity index (χ4v) is 1.89. The number of hydrogen-bond acceptors (Lipinski definition) is 3. The van der Waals surface area contributed by atoms with Crippen LogP contribution in [-0.2, 0) is 0 Å². The summed E-state index contributed by atoms with van der Waals surface area (Å²) in [6, 6.07) is 2.87. The van der Waals surface area contributed by atoms with Crippen molar-refractivity contribution in [1.82, 2.24) is 15.2 Å². The minimum Gasteiger partial charge on any atom is -0.351 e. The number of nitrogens with zero attached hydrogens (tertiary/aromatic N) is 1. The summed E-state index contributed by atoms with van der Waals surface area (Å²) in [6.07, 6.45) is 1.43. The number of H-pyrrole nitrogens is 1. The van der Waals surface area contributed by atoms with Crippen molar-refractivity contribution in [3.63, 3.8) is 0 Å². The molecule has 0 aliphatic rings. The van der Waals surface area contributed by atoms with Crippen LogP contribution < -0.4 is 10.9 Å². The normalized spacial score (nSPS) is 11.6. The SMILES string of the molecule is CN(C)CC(C)(C)CNC(=O)c1ccc(=O)[nH]c1. The number of carbonyl (C=O) groups is 1. The van der Waals surface area contributed by atoms with Gasteiger partial charge in [0.15, 0.2) is 0 Å². The van der Waals surface area contributed by atoms with Gasteiger partial charge in [-0.1, -0.05) is 13.8 Å². The number of rotatable bonds is 5. The maximum atomic E-state index is 11.8. The first-order chi connectivity index (χ1) is 8.30. The molecule has 0 radical (unpaired) electrons. The average molecular weight is 251 g/mol. The monoisotopic (exact) mass is 251 g/mol. The molecule has 1 aromatic heterocycles. The fraction of sp³-hybridized carbons (Fsp3) is 0.538. The Labute approximate surface area is 107 Å². The molecule has 1 rings (SSSR count). The average Bonchev–Trinajstić information content (AvgIpc) is 2.25. The summed E-state index contributed by atoms with van der Waals surface area (Å²) in [7, 11) is 4.01. The summed E-state index contributed by atoms with van der Waals surface area (Å²) < 4.78 is 0. The molecule has 0 bridgehead atoms. The molecule has 0 unspecified atom stereocenters. The minimum atomic E-state index is -0.209. The molecule has 1 aromatic rings. The maximum Gasteiger partial charge on any atom is 0.252 e. The summed E-state index contributed by atoms with van der Waals surface area (Å²) in [4.78, 5) is 27.3. The second-order valence-corrected chi connectivity index (χ2v) is 5.53. The number of aromatic amines is 1. The molecule has 18 heavy (non-hydrogen) atoms. The first-order valence-electron chi connectivity index (χ1n) is 5.92. The van der Waals surface area contributed by atoms with Gasteiger partial charge in [0.05, 0.1) is 5.56 Å². The van der Waals surface area contributed by atoms with E-state index >= 15 is 0 Å². The molecule has 0 atom stereocenters. The Bertz CT molecular complexity index is 443. The van der Waals surface area contributed by atoms with Gasteiger partial charge in [-0.25, -0.2) is 0 Å². The third kappa shape index (κ3) is 4.71. The van der Waals surface area contributed by atoms with Crippen LogP contribution in [-0.4, -0.2) is 43.0 Å². The standard InChI is InChI=1S/C13H21N3O2/c1-13(2,9-16(3)4)8-15-12(18)10-5-6-11(17)14-7-10/h5-7H,8-9H2,1-4H3,(H,14,17)(H,15,18). The van der Waals surface area contributed by atoms with E-state index in [0.717, 1.165) is 6.54 Å². The summed E-state index contributed by atoms with van der Waals surface area (Å²) >= 11 is 0. The predicted octanol–water partition coefficient (Wildman–Crippen LogP) is 0.693. The molecule has 0 aromatic carbocycles. The molecule has 100 valence electrons. The molecular formula is C13H21N3O2. The van der Waals surface area contributed by atoms with Crippen molar-refractivity contribution >= 4 is 5.91 Å². The Morgan fingerprint density at radius 2 is 2.06 bits per heavy atom. The summed E-state index contributed by atoms with van der Waals surface area (Å²) in [5.74, 6) is -0.168. The van der Waals surface area contributed by atoms with Crippen LogP contribution in [0, 0.1) is 5.41 Å². The molecule has 5 nitrogen and oxygen atoms in total. The lowest BCUT2D eigenvalue weighted by Crippen LogP contribution is -2.40. The van der Waals surface area contributed by atoms with Crippen molar-refractivity contribution in [2.24, 2.45) is 5.41 Å². The van der Waals surface area contributed by atoms with Gasteiger partial charge < -0.3 is 15.2 Å². The van der Waals surface area contributed by atoms with Gasteiger partial charge in [0.25, 0.3) is 5.91 Å². The van der Waals surface area contributed by atoms with E-state index in [1.165, 1.54) is 18.3 Å². The second kappa shape index (κ2) is 5.82. The molecule has 0 spiro atoms. The summed E-state index contributed by atoms with van der Waals surface area (Å²) in [5.41, 5.74) is 0.260. The van der Waals surface area contributed by atoms with Crippen molar-refractivity contribution in [1.29, 1.82) is 0 Å². The van der Waals surface area contributed by atoms with E-state index in [4.69, 9.17) is 0 Å². The molecule has 0 fully saturated rings. The molecule has 0 saturated carbocycles. The van der Waals surface area contributed by atoms with Crippen molar-refractivity contribution < 1.29 is 4.79 Å². The Balaban J connectivity index is 2.56. The molecule has 5 heteroatoms. The second-order valence-electron chi connectivity index (χ2n) is 5.53. The predicted molar refractivity (Wildman–Crippen MR) is 71.7 cm³/mol. The van der Waals surface area contributed by atoms with Crippen LogP contribution in [0.25, 0.3) is 0 Å². The molecule has 0 aliphatic carbocycles. The minimum absolute atomic E-state index is 0.00134. The number of pyridine rings is 1. The highest BCUT2D eigenvalue weighted by atomic mass is 16.1. The van der Waals surface area contributed by atoms with Gasteiger partial charge in [-0.3, -0.25) is 9.59 Å². The number of nitrogens with one attached hydrogen (secondary N) is 2. The van der Waals surface area contributed by atoms with Crippen LogP contribution in [0.4, 0.5) is 0 Å². The van der Waals surface area contributed by atoms with Gasteiger partial charge in [0.1, 0.15) is 0 Å². The molecule has 2 N–H and O–H groups in total. The molecule has 1 heterocycles. The third-order valence-corrected chi connectivity index (χ3v) is 2.52. The van der Waals surface area contributed by atoms with E-state index < -0.39 is 0 Å².